The van der Waals surface area contributed by atoms with Gasteiger partial charge < -0.3 is 10.6 Å². The third-order valence-corrected chi connectivity index (χ3v) is 4.78. The van der Waals surface area contributed by atoms with Crippen LogP contribution in [0, 0.1) is 17.8 Å². The van der Waals surface area contributed by atoms with Crippen molar-refractivity contribution in [2.75, 3.05) is 19.3 Å². The number of carbonyl (C=O) groups is 1. The number of nitrogen functional groups attached to an aromatic ring is 1. The van der Waals surface area contributed by atoms with Gasteiger partial charge in [-0.2, -0.15) is 0 Å². The number of aromatic nitrogens is 1. The first-order chi connectivity index (χ1) is 9.15. The Kier molecular flexibility index (Phi) is 3.17. The van der Waals surface area contributed by atoms with Crippen molar-refractivity contribution in [3.8, 4) is 0 Å². The number of nitrogens with two attached hydrogens (primary N) is 1. The number of fused-ring (bicyclic) bond motifs is 2. The van der Waals surface area contributed by atoms with E-state index in [1.807, 2.05) is 7.05 Å². The number of pyridine rings is 1. The number of hydrogen-bond donors (Lipinski definition) is 1. The number of anilines is 1. The summed E-state index contributed by atoms with van der Waals surface area (Å²) in [6, 6.07) is 3.48. The molecule has 3 rings (SSSR count). The van der Waals surface area contributed by atoms with Crippen LogP contribution in [0.15, 0.2) is 18.3 Å². The summed E-state index contributed by atoms with van der Waals surface area (Å²) >= 11 is 0. The lowest BCUT2D eigenvalue weighted by atomic mass is 9.88. The molecule has 1 aromatic heterocycles. The first kappa shape index (κ1) is 12.5. The van der Waals surface area contributed by atoms with Crippen molar-refractivity contribution < 1.29 is 4.79 Å². The number of rotatable bonds is 3. The molecule has 102 valence electrons. The molecule has 2 aliphatic carbocycles. The van der Waals surface area contributed by atoms with E-state index < -0.39 is 0 Å². The van der Waals surface area contributed by atoms with Gasteiger partial charge in [0.1, 0.15) is 0 Å². The fraction of sp³-hybridized carbons (Fsp3) is 0.600. The topological polar surface area (TPSA) is 59.2 Å². The summed E-state index contributed by atoms with van der Waals surface area (Å²) in [6.45, 7) is 0.843. The Morgan fingerprint density at radius 3 is 2.95 bits per heavy atom. The summed E-state index contributed by atoms with van der Waals surface area (Å²) in [5.41, 5.74) is 6.67. The van der Waals surface area contributed by atoms with Crippen LogP contribution in [0.5, 0.6) is 0 Å². The third kappa shape index (κ3) is 2.31. The molecule has 4 nitrogen and oxygen atoms in total. The summed E-state index contributed by atoms with van der Waals surface area (Å²) in [5, 5.41) is 0. The van der Waals surface area contributed by atoms with Gasteiger partial charge in [0.25, 0.3) is 5.91 Å². The van der Waals surface area contributed by atoms with Gasteiger partial charge >= 0.3 is 0 Å². The van der Waals surface area contributed by atoms with E-state index in [-0.39, 0.29) is 5.91 Å². The average molecular weight is 259 g/mol. The summed E-state index contributed by atoms with van der Waals surface area (Å²) in [6.07, 6.45) is 7.03. The highest BCUT2D eigenvalue weighted by Crippen LogP contribution is 2.48. The van der Waals surface area contributed by atoms with Gasteiger partial charge in [-0.05, 0) is 49.1 Å². The lowest BCUT2D eigenvalue weighted by molar-refractivity contribution is 0.0749. The Morgan fingerprint density at radius 1 is 1.47 bits per heavy atom. The number of carbonyl (C=O) groups excluding carboxylic acids is 1. The van der Waals surface area contributed by atoms with E-state index >= 15 is 0 Å². The minimum atomic E-state index is -0.0547. The minimum absolute atomic E-state index is 0.0547. The molecule has 0 spiro atoms. The Labute approximate surface area is 114 Å². The Balaban J connectivity index is 1.66. The normalized spacial score (nSPS) is 28.6. The van der Waals surface area contributed by atoms with Gasteiger partial charge in [0, 0.05) is 19.8 Å². The van der Waals surface area contributed by atoms with Gasteiger partial charge in [-0.1, -0.05) is 6.42 Å². The lowest BCUT2D eigenvalue weighted by Crippen LogP contribution is -2.34. The highest BCUT2D eigenvalue weighted by molar-refractivity contribution is 5.96. The molecule has 0 radical (unpaired) electrons. The summed E-state index contributed by atoms with van der Waals surface area (Å²) in [7, 11) is 1.86. The van der Waals surface area contributed by atoms with Gasteiger partial charge in [0.15, 0.2) is 5.69 Å². The van der Waals surface area contributed by atoms with Crippen molar-refractivity contribution in [3.05, 3.63) is 24.0 Å². The van der Waals surface area contributed by atoms with Gasteiger partial charge in [0.2, 0.25) is 0 Å². The van der Waals surface area contributed by atoms with E-state index in [1.165, 1.54) is 25.7 Å². The Morgan fingerprint density at radius 2 is 2.32 bits per heavy atom. The predicted octanol–water partition coefficient (Wildman–Crippen LogP) is 2.17. The van der Waals surface area contributed by atoms with Crippen LogP contribution < -0.4 is 5.73 Å². The van der Waals surface area contributed by atoms with E-state index in [2.05, 4.69) is 4.98 Å². The Hall–Kier alpha value is -1.58. The van der Waals surface area contributed by atoms with Crippen molar-refractivity contribution in [1.29, 1.82) is 0 Å². The minimum Gasteiger partial charge on any atom is -0.397 e. The van der Waals surface area contributed by atoms with E-state index in [4.69, 9.17) is 5.73 Å². The molecule has 2 saturated carbocycles. The zero-order valence-corrected chi connectivity index (χ0v) is 11.4. The van der Waals surface area contributed by atoms with E-state index in [1.54, 1.807) is 23.2 Å². The quantitative estimate of drug-likeness (QED) is 0.905. The number of nitrogens with zero attached hydrogens (tertiary/aromatic N) is 2. The zero-order chi connectivity index (χ0) is 13.4. The number of hydrogen-bond acceptors (Lipinski definition) is 3. The molecule has 1 amide bonds. The maximum atomic E-state index is 12.3. The van der Waals surface area contributed by atoms with Crippen LogP contribution in [0.1, 0.15) is 36.2 Å². The largest absolute Gasteiger partial charge is 0.397 e. The summed E-state index contributed by atoms with van der Waals surface area (Å²) < 4.78 is 0. The van der Waals surface area contributed by atoms with Crippen molar-refractivity contribution >= 4 is 11.6 Å². The standard InChI is InChI=1S/C15H21N3O/c1-18(9-12-8-10-4-5-11(12)7-10)15(19)14-13(16)3-2-6-17-14/h2-3,6,10-12H,4-5,7-9,16H2,1H3. The fourth-order valence-electron chi connectivity index (χ4n) is 3.81. The van der Waals surface area contributed by atoms with Crippen LogP contribution >= 0.6 is 0 Å². The summed E-state index contributed by atoms with van der Waals surface area (Å²) in [4.78, 5) is 18.2. The molecule has 1 aromatic rings. The monoisotopic (exact) mass is 259 g/mol. The fourth-order valence-corrected chi connectivity index (χ4v) is 3.81. The van der Waals surface area contributed by atoms with Crippen LogP contribution in [0.25, 0.3) is 0 Å². The van der Waals surface area contributed by atoms with E-state index in [9.17, 15) is 4.79 Å². The van der Waals surface area contributed by atoms with E-state index in [0.29, 0.717) is 17.3 Å². The first-order valence-corrected chi connectivity index (χ1v) is 7.11. The van der Waals surface area contributed by atoms with Crippen LogP contribution in [0.4, 0.5) is 5.69 Å². The molecule has 2 fully saturated rings. The van der Waals surface area contributed by atoms with Gasteiger partial charge in [0.05, 0.1) is 5.69 Å². The zero-order valence-electron chi connectivity index (χ0n) is 11.4. The SMILES string of the molecule is CN(CC1CC2CCC1C2)C(=O)c1ncccc1N. The molecule has 0 aliphatic heterocycles. The molecule has 3 atom stereocenters. The smallest absolute Gasteiger partial charge is 0.274 e. The maximum absolute atomic E-state index is 12.3. The van der Waals surface area contributed by atoms with Crippen molar-refractivity contribution in [2.45, 2.75) is 25.7 Å². The van der Waals surface area contributed by atoms with Gasteiger partial charge in [-0.15, -0.1) is 0 Å². The second-order valence-corrected chi connectivity index (χ2v) is 6.06. The second-order valence-electron chi connectivity index (χ2n) is 6.06. The van der Waals surface area contributed by atoms with Gasteiger partial charge in [-0.3, -0.25) is 4.79 Å². The molecular formula is C15H21N3O. The molecular weight excluding hydrogens is 238 g/mol. The van der Waals surface area contributed by atoms with Crippen LogP contribution in [-0.4, -0.2) is 29.4 Å². The molecule has 2 N–H and O–H groups in total. The molecule has 4 heteroatoms. The Bertz CT molecular complexity index is 488. The molecule has 2 bridgehead atoms. The average Bonchev–Trinajstić information content (AvgIpc) is 3.00. The maximum Gasteiger partial charge on any atom is 0.274 e. The van der Waals surface area contributed by atoms with Crippen molar-refractivity contribution in [1.82, 2.24) is 9.88 Å². The lowest BCUT2D eigenvalue weighted by Gasteiger charge is -2.27. The van der Waals surface area contributed by atoms with Gasteiger partial charge in [-0.25, -0.2) is 4.98 Å². The van der Waals surface area contributed by atoms with Crippen LogP contribution in [0.3, 0.4) is 0 Å². The molecule has 1 heterocycles. The predicted molar refractivity (Wildman–Crippen MR) is 74.5 cm³/mol. The number of amides is 1. The highest BCUT2D eigenvalue weighted by Gasteiger charge is 2.40. The summed E-state index contributed by atoms with van der Waals surface area (Å²) in [5.74, 6) is 2.37. The highest BCUT2D eigenvalue weighted by atomic mass is 16.2. The van der Waals surface area contributed by atoms with Crippen molar-refractivity contribution in [2.24, 2.45) is 17.8 Å². The van der Waals surface area contributed by atoms with E-state index in [0.717, 1.165) is 18.4 Å². The van der Waals surface area contributed by atoms with Crippen LogP contribution in [-0.2, 0) is 0 Å². The molecule has 0 saturated heterocycles. The third-order valence-electron chi connectivity index (χ3n) is 4.78. The molecule has 19 heavy (non-hydrogen) atoms. The van der Waals surface area contributed by atoms with Crippen molar-refractivity contribution in [3.63, 3.8) is 0 Å². The van der Waals surface area contributed by atoms with Crippen LogP contribution in [0.2, 0.25) is 0 Å². The molecule has 2 aliphatic rings. The second kappa shape index (κ2) is 4.83. The first-order valence-electron chi connectivity index (χ1n) is 7.11. The molecule has 3 unspecified atom stereocenters. The molecule has 0 aromatic carbocycles.